The van der Waals surface area contributed by atoms with Crippen molar-refractivity contribution in [1.29, 1.82) is 5.26 Å². The smallest absolute Gasteiger partial charge is 0.265 e. The number of sulfonamides is 1. The van der Waals surface area contributed by atoms with Crippen molar-refractivity contribution in [3.05, 3.63) is 101 Å². The van der Waals surface area contributed by atoms with Crippen LogP contribution in [0.3, 0.4) is 0 Å². The van der Waals surface area contributed by atoms with Gasteiger partial charge in [0.2, 0.25) is 5.95 Å². The van der Waals surface area contributed by atoms with Crippen molar-refractivity contribution in [2.24, 2.45) is 0 Å². The number of hydrogen-bond donors (Lipinski definition) is 1. The van der Waals surface area contributed by atoms with Crippen molar-refractivity contribution in [2.45, 2.75) is 30.8 Å². The van der Waals surface area contributed by atoms with E-state index in [1.807, 2.05) is 38.1 Å². The zero-order chi connectivity index (χ0) is 28.8. The quantitative estimate of drug-likeness (QED) is 0.217. The molecule has 12 heteroatoms. The largest absolute Gasteiger partial charge is 0.489 e. The van der Waals surface area contributed by atoms with Crippen LogP contribution in [0.1, 0.15) is 36.2 Å². The summed E-state index contributed by atoms with van der Waals surface area (Å²) in [4.78, 5) is 12.1. The molecule has 0 saturated heterocycles. The molecule has 0 bridgehead atoms. The van der Waals surface area contributed by atoms with Gasteiger partial charge in [-0.15, -0.1) is 11.6 Å². The maximum atomic E-state index is 12.5. The van der Waals surface area contributed by atoms with E-state index < -0.39 is 15.4 Å². The summed E-state index contributed by atoms with van der Waals surface area (Å²) >= 11 is 12.2. The molecule has 0 fully saturated rings. The topological polar surface area (TPSA) is 127 Å². The number of nitrogens with one attached hydrogen (secondary N) is 1. The molecule has 2 aromatic heterocycles. The Balaban J connectivity index is 1.45. The van der Waals surface area contributed by atoms with E-state index in [4.69, 9.17) is 32.7 Å². The lowest BCUT2D eigenvalue weighted by Crippen LogP contribution is -2.19. The fourth-order valence-electron chi connectivity index (χ4n) is 3.83. The summed E-state index contributed by atoms with van der Waals surface area (Å²) in [6.45, 7) is 4.41. The minimum Gasteiger partial charge on any atom is -0.489 e. The minimum absolute atomic E-state index is 0.00462. The number of rotatable bonds is 11. The van der Waals surface area contributed by atoms with Gasteiger partial charge in [0.1, 0.15) is 29.9 Å². The first kappa shape index (κ1) is 29.1. The number of benzene rings is 2. The Morgan fingerprint density at radius 2 is 1.82 bits per heavy atom. The second-order valence-electron chi connectivity index (χ2n) is 9.09. The Morgan fingerprint density at radius 3 is 2.50 bits per heavy atom. The van der Waals surface area contributed by atoms with Crippen LogP contribution in [0.25, 0.3) is 0 Å². The fraction of sp³-hybridized carbons (Fsp3) is 0.214. The highest BCUT2D eigenvalue weighted by molar-refractivity contribution is 7.92. The summed E-state index contributed by atoms with van der Waals surface area (Å²) in [5.74, 6) is 1.13. The normalized spacial score (nSPS) is 11.5. The Morgan fingerprint density at radius 1 is 1.05 bits per heavy atom. The van der Waals surface area contributed by atoms with Crippen LogP contribution in [0.4, 0.5) is 5.95 Å². The highest BCUT2D eigenvalue weighted by Crippen LogP contribution is 2.38. The molecule has 9 nitrogen and oxygen atoms in total. The standard InChI is InChI=1S/C28H25Cl2N5O4S/c1-28(2,21-14-19(16-31)26(25(30)15-21)38-13-10-29)20-5-7-23(8-6-20)39-18-22-9-12-33-27(34-22)35-40(36,37)24-4-3-11-32-17-24/h3-9,11-12,14-15,17H,10,13,18H2,1-2H3,(H,33,34,35). The van der Waals surface area contributed by atoms with Gasteiger partial charge in [0.25, 0.3) is 10.0 Å². The third-order valence-corrected chi connectivity index (χ3v) is 7.80. The van der Waals surface area contributed by atoms with Gasteiger partial charge in [-0.3, -0.25) is 4.98 Å². The lowest BCUT2D eigenvalue weighted by Gasteiger charge is -2.27. The Kier molecular flexibility index (Phi) is 9.10. The van der Waals surface area contributed by atoms with Crippen molar-refractivity contribution >= 4 is 39.2 Å². The van der Waals surface area contributed by atoms with E-state index in [-0.39, 0.29) is 29.9 Å². The van der Waals surface area contributed by atoms with Crippen molar-refractivity contribution in [1.82, 2.24) is 15.0 Å². The van der Waals surface area contributed by atoms with Gasteiger partial charge in [0.15, 0.2) is 5.75 Å². The molecule has 4 rings (SSSR count). The number of nitriles is 1. The lowest BCUT2D eigenvalue weighted by molar-refractivity contribution is 0.301. The predicted octanol–water partition coefficient (Wildman–Crippen LogP) is 5.72. The van der Waals surface area contributed by atoms with Gasteiger partial charge in [-0.25, -0.2) is 23.1 Å². The zero-order valence-electron chi connectivity index (χ0n) is 21.6. The lowest BCUT2D eigenvalue weighted by atomic mass is 9.77. The Labute approximate surface area is 242 Å². The molecule has 0 atom stereocenters. The van der Waals surface area contributed by atoms with Gasteiger partial charge in [-0.2, -0.15) is 5.26 Å². The number of hydrogen-bond acceptors (Lipinski definition) is 8. The summed E-state index contributed by atoms with van der Waals surface area (Å²) in [6, 6.07) is 17.8. The van der Waals surface area contributed by atoms with Crippen molar-refractivity contribution in [3.63, 3.8) is 0 Å². The van der Waals surface area contributed by atoms with Crippen LogP contribution >= 0.6 is 23.2 Å². The van der Waals surface area contributed by atoms with E-state index in [9.17, 15) is 13.7 Å². The van der Waals surface area contributed by atoms with E-state index in [2.05, 4.69) is 25.7 Å². The Hall–Kier alpha value is -3.91. The van der Waals surface area contributed by atoms with Crippen molar-refractivity contribution in [3.8, 4) is 17.6 Å². The first-order valence-corrected chi connectivity index (χ1v) is 14.4. The summed E-state index contributed by atoms with van der Waals surface area (Å²) < 4.78 is 38.8. The molecule has 2 aromatic carbocycles. The molecule has 4 aromatic rings. The third-order valence-electron chi connectivity index (χ3n) is 6.06. The Bertz CT molecular complexity index is 1630. The highest BCUT2D eigenvalue weighted by atomic mass is 35.5. The van der Waals surface area contributed by atoms with E-state index in [1.54, 1.807) is 18.2 Å². The van der Waals surface area contributed by atoms with Crippen LogP contribution in [-0.4, -0.2) is 35.9 Å². The number of ether oxygens (including phenoxy) is 2. The van der Waals surface area contributed by atoms with Crippen LogP contribution in [0.15, 0.2) is 78.1 Å². The van der Waals surface area contributed by atoms with E-state index >= 15 is 0 Å². The van der Waals surface area contributed by atoms with Crippen LogP contribution in [0.2, 0.25) is 5.02 Å². The van der Waals surface area contributed by atoms with Crippen molar-refractivity contribution in [2.75, 3.05) is 17.2 Å². The maximum Gasteiger partial charge on any atom is 0.265 e. The van der Waals surface area contributed by atoms with Gasteiger partial charge in [-0.05, 0) is 53.6 Å². The molecule has 0 aliphatic heterocycles. The zero-order valence-corrected chi connectivity index (χ0v) is 24.0. The molecule has 40 heavy (non-hydrogen) atoms. The number of anilines is 1. The SMILES string of the molecule is CC(C)(c1ccc(OCc2ccnc(NS(=O)(=O)c3cccnc3)n2)cc1)c1cc(Cl)c(OCCCl)c(C#N)c1. The predicted molar refractivity (Wildman–Crippen MR) is 152 cm³/mol. The van der Waals surface area contributed by atoms with Crippen LogP contribution < -0.4 is 14.2 Å². The molecule has 0 spiro atoms. The second kappa shape index (κ2) is 12.5. The number of pyridine rings is 1. The molecular weight excluding hydrogens is 573 g/mol. The molecule has 0 saturated carbocycles. The van der Waals surface area contributed by atoms with Gasteiger partial charge in [0.05, 0.1) is 22.2 Å². The average Bonchev–Trinajstić information content (AvgIpc) is 2.95. The third kappa shape index (κ3) is 6.80. The van der Waals surface area contributed by atoms with E-state index in [0.717, 1.165) is 11.1 Å². The molecule has 0 unspecified atom stereocenters. The molecule has 0 aliphatic carbocycles. The molecule has 0 radical (unpaired) electrons. The molecule has 2 heterocycles. The number of nitrogens with zero attached hydrogens (tertiary/aromatic N) is 4. The monoisotopic (exact) mass is 597 g/mol. The fourth-order valence-corrected chi connectivity index (χ4v) is 5.09. The number of aromatic nitrogens is 3. The molecule has 1 N–H and O–H groups in total. The summed E-state index contributed by atoms with van der Waals surface area (Å²) in [5, 5.41) is 9.98. The summed E-state index contributed by atoms with van der Waals surface area (Å²) in [7, 11) is -3.87. The van der Waals surface area contributed by atoms with Crippen LogP contribution in [-0.2, 0) is 22.0 Å². The van der Waals surface area contributed by atoms with Crippen LogP contribution in [0, 0.1) is 11.3 Å². The molecule has 206 valence electrons. The second-order valence-corrected chi connectivity index (χ2v) is 11.6. The van der Waals surface area contributed by atoms with Gasteiger partial charge < -0.3 is 9.47 Å². The molecule has 0 amide bonds. The van der Waals surface area contributed by atoms with Crippen molar-refractivity contribution < 1.29 is 17.9 Å². The average molecular weight is 599 g/mol. The number of alkyl halides is 1. The highest BCUT2D eigenvalue weighted by Gasteiger charge is 2.26. The van der Waals surface area contributed by atoms with Gasteiger partial charge >= 0.3 is 0 Å². The molecular formula is C28H25Cl2N5O4S. The molecule has 0 aliphatic rings. The van der Waals surface area contributed by atoms with Gasteiger partial charge in [-0.1, -0.05) is 37.6 Å². The first-order valence-electron chi connectivity index (χ1n) is 12.0. The summed E-state index contributed by atoms with van der Waals surface area (Å²) in [6.07, 6.45) is 4.17. The number of halogens is 2. The maximum absolute atomic E-state index is 12.5. The first-order chi connectivity index (χ1) is 19.1. The minimum atomic E-state index is -3.87. The van der Waals surface area contributed by atoms with Gasteiger partial charge in [0, 0.05) is 24.0 Å². The van der Waals surface area contributed by atoms with E-state index in [0.29, 0.717) is 27.8 Å². The van der Waals surface area contributed by atoms with Crippen LogP contribution in [0.5, 0.6) is 11.5 Å². The van der Waals surface area contributed by atoms with E-state index in [1.165, 1.54) is 30.7 Å². The summed E-state index contributed by atoms with van der Waals surface area (Å²) in [5.41, 5.74) is 2.17.